The van der Waals surface area contributed by atoms with Gasteiger partial charge in [-0.1, -0.05) is 70.2 Å². The number of rotatable bonds is 13. The number of primary amides is 1. The van der Waals surface area contributed by atoms with Crippen molar-refractivity contribution in [2.45, 2.75) is 57.4 Å². The van der Waals surface area contributed by atoms with Gasteiger partial charge < -0.3 is 21.7 Å². The van der Waals surface area contributed by atoms with Crippen molar-refractivity contribution in [2.75, 3.05) is 25.5 Å². The molecule has 0 bridgehead atoms. The minimum atomic E-state index is -3.87. The van der Waals surface area contributed by atoms with Crippen LogP contribution in [0, 0.1) is 5.92 Å². The van der Waals surface area contributed by atoms with Gasteiger partial charge >= 0.3 is 0 Å². The first-order chi connectivity index (χ1) is 20.1. The molecule has 1 atom stereocenters. The number of carbonyl (C=O) groups excluding carboxylic acids is 3. The molecule has 13 heteroatoms. The first-order valence-corrected chi connectivity index (χ1v) is 16.2. The van der Waals surface area contributed by atoms with Crippen molar-refractivity contribution in [2.24, 2.45) is 11.7 Å². The first-order valence-electron chi connectivity index (χ1n) is 13.9. The van der Waals surface area contributed by atoms with Crippen LogP contribution in [0.15, 0.2) is 53.4 Å². The standard InChI is InChI=1S/C30H40N6O5S2/c1-18(2)17-23(27(38)33-15-16-34-43(40,41)22-13-9-20(10-14-22)26(31)37)35-28(39)24-25(42-29(32-6)36-24)19-7-11-21(12-8-19)30(3,4)5/h7-14,18,23,34H,15-17H2,1-6H3,(H2,31,37)(H,32,36)(H,33,38)(H,35,39)/t23-/m1/s1. The van der Waals surface area contributed by atoms with Crippen molar-refractivity contribution in [3.63, 3.8) is 0 Å². The van der Waals surface area contributed by atoms with Gasteiger partial charge in [0.15, 0.2) is 5.13 Å². The molecule has 0 aliphatic rings. The van der Waals surface area contributed by atoms with Crippen LogP contribution in [0.2, 0.25) is 0 Å². The second-order valence-electron chi connectivity index (χ2n) is 11.5. The average Bonchev–Trinajstić information content (AvgIpc) is 3.39. The molecule has 0 unspecified atom stereocenters. The maximum atomic E-state index is 13.5. The Labute approximate surface area is 257 Å². The van der Waals surface area contributed by atoms with E-state index in [1.165, 1.54) is 35.6 Å². The molecule has 1 heterocycles. The van der Waals surface area contributed by atoms with Crippen molar-refractivity contribution in [3.05, 3.63) is 65.4 Å². The van der Waals surface area contributed by atoms with Gasteiger partial charge in [0.2, 0.25) is 21.8 Å². The Morgan fingerprint density at radius 3 is 2.14 bits per heavy atom. The molecular formula is C30H40N6O5S2. The van der Waals surface area contributed by atoms with Gasteiger partial charge in [-0.3, -0.25) is 14.4 Å². The van der Waals surface area contributed by atoms with E-state index in [0.29, 0.717) is 16.4 Å². The second kappa shape index (κ2) is 14.1. The number of thiazole rings is 1. The molecule has 6 N–H and O–H groups in total. The summed E-state index contributed by atoms with van der Waals surface area (Å²) in [5.41, 5.74) is 7.60. The summed E-state index contributed by atoms with van der Waals surface area (Å²) in [6.07, 6.45) is 0.369. The summed E-state index contributed by atoms with van der Waals surface area (Å²) in [6.45, 7) is 10.2. The molecule has 3 rings (SSSR count). The molecule has 0 radical (unpaired) electrons. The first kappa shape index (κ1) is 33.7. The number of benzene rings is 2. The largest absolute Gasteiger partial charge is 0.366 e. The summed E-state index contributed by atoms with van der Waals surface area (Å²) >= 11 is 1.35. The molecule has 0 saturated heterocycles. The molecule has 0 aliphatic carbocycles. The fraction of sp³-hybridized carbons (Fsp3) is 0.400. The summed E-state index contributed by atoms with van der Waals surface area (Å²) in [7, 11) is -2.15. The lowest BCUT2D eigenvalue weighted by molar-refractivity contribution is -0.123. The zero-order chi connectivity index (χ0) is 31.9. The summed E-state index contributed by atoms with van der Waals surface area (Å²) < 4.78 is 27.6. The van der Waals surface area contributed by atoms with E-state index in [2.05, 4.69) is 46.4 Å². The molecule has 3 aromatic rings. The lowest BCUT2D eigenvalue weighted by Crippen LogP contribution is -2.49. The van der Waals surface area contributed by atoms with E-state index in [0.717, 1.165) is 11.1 Å². The van der Waals surface area contributed by atoms with E-state index in [1.54, 1.807) is 7.05 Å². The maximum Gasteiger partial charge on any atom is 0.272 e. The minimum absolute atomic E-state index is 0.00607. The molecule has 2 aromatic carbocycles. The smallest absolute Gasteiger partial charge is 0.272 e. The highest BCUT2D eigenvalue weighted by molar-refractivity contribution is 7.89. The summed E-state index contributed by atoms with van der Waals surface area (Å²) in [4.78, 5) is 42.9. The molecule has 0 aliphatic heterocycles. The van der Waals surface area contributed by atoms with Crippen LogP contribution in [0.5, 0.6) is 0 Å². The second-order valence-corrected chi connectivity index (χ2v) is 14.3. The molecular weight excluding hydrogens is 589 g/mol. The van der Waals surface area contributed by atoms with Gasteiger partial charge in [0, 0.05) is 25.7 Å². The number of aromatic nitrogens is 1. The number of nitrogens with two attached hydrogens (primary N) is 1. The Balaban J connectivity index is 1.68. The van der Waals surface area contributed by atoms with Gasteiger partial charge in [0.05, 0.1) is 9.77 Å². The highest BCUT2D eigenvalue weighted by atomic mass is 32.2. The van der Waals surface area contributed by atoms with Crippen LogP contribution < -0.4 is 26.4 Å². The van der Waals surface area contributed by atoms with Crippen LogP contribution in [0.3, 0.4) is 0 Å². The van der Waals surface area contributed by atoms with Crippen LogP contribution in [-0.4, -0.2) is 57.3 Å². The summed E-state index contributed by atoms with van der Waals surface area (Å²) in [5.74, 6) is -1.49. The summed E-state index contributed by atoms with van der Waals surface area (Å²) in [5, 5.41) is 9.10. The Hall–Kier alpha value is -3.81. The van der Waals surface area contributed by atoms with Crippen molar-refractivity contribution in [1.82, 2.24) is 20.3 Å². The van der Waals surface area contributed by atoms with E-state index in [-0.39, 0.29) is 40.6 Å². The molecule has 232 valence electrons. The van der Waals surface area contributed by atoms with Crippen LogP contribution in [-0.2, 0) is 20.2 Å². The van der Waals surface area contributed by atoms with E-state index in [1.807, 2.05) is 38.1 Å². The van der Waals surface area contributed by atoms with Crippen molar-refractivity contribution in [3.8, 4) is 10.4 Å². The van der Waals surface area contributed by atoms with E-state index in [9.17, 15) is 22.8 Å². The van der Waals surface area contributed by atoms with Crippen molar-refractivity contribution >= 4 is 44.2 Å². The van der Waals surface area contributed by atoms with Crippen LogP contribution >= 0.6 is 11.3 Å². The number of amides is 3. The quantitative estimate of drug-likeness (QED) is 0.180. The van der Waals surface area contributed by atoms with Gasteiger partial charge in [-0.2, -0.15) is 0 Å². The molecule has 3 amide bonds. The molecule has 0 spiro atoms. The number of anilines is 1. The highest BCUT2D eigenvalue weighted by Crippen LogP contribution is 2.34. The van der Waals surface area contributed by atoms with E-state index in [4.69, 9.17) is 5.73 Å². The van der Waals surface area contributed by atoms with E-state index < -0.39 is 33.8 Å². The SMILES string of the molecule is CNc1nc(C(=O)N[C@H](CC(C)C)C(=O)NCCNS(=O)(=O)c2ccc(C(N)=O)cc2)c(-c2ccc(C(C)(C)C)cc2)s1. The van der Waals surface area contributed by atoms with Crippen LogP contribution in [0.25, 0.3) is 10.4 Å². The molecule has 11 nitrogen and oxygen atoms in total. The van der Waals surface area contributed by atoms with Gasteiger partial charge in [-0.25, -0.2) is 18.1 Å². The molecule has 0 saturated carbocycles. The third-order valence-electron chi connectivity index (χ3n) is 6.56. The number of nitrogens with one attached hydrogen (secondary N) is 4. The van der Waals surface area contributed by atoms with Gasteiger partial charge in [0.25, 0.3) is 5.91 Å². The lowest BCUT2D eigenvalue weighted by Gasteiger charge is -2.20. The van der Waals surface area contributed by atoms with Crippen molar-refractivity contribution in [1.29, 1.82) is 0 Å². The monoisotopic (exact) mass is 628 g/mol. The fourth-order valence-electron chi connectivity index (χ4n) is 4.20. The lowest BCUT2D eigenvalue weighted by atomic mass is 9.86. The number of hydrogen-bond acceptors (Lipinski definition) is 8. The van der Waals surface area contributed by atoms with Crippen molar-refractivity contribution < 1.29 is 22.8 Å². The maximum absolute atomic E-state index is 13.5. The predicted octanol–water partition coefficient (Wildman–Crippen LogP) is 3.49. The topological polar surface area (TPSA) is 172 Å². The number of sulfonamides is 1. The normalized spacial score (nSPS) is 12.5. The van der Waals surface area contributed by atoms with Crippen LogP contribution in [0.1, 0.15) is 67.4 Å². The highest BCUT2D eigenvalue weighted by Gasteiger charge is 2.27. The zero-order valence-corrected chi connectivity index (χ0v) is 26.9. The fourth-order valence-corrected chi connectivity index (χ4v) is 6.16. The number of hydrogen-bond donors (Lipinski definition) is 5. The predicted molar refractivity (Wildman–Crippen MR) is 170 cm³/mol. The third-order valence-corrected chi connectivity index (χ3v) is 9.16. The summed E-state index contributed by atoms with van der Waals surface area (Å²) in [6, 6.07) is 12.4. The van der Waals surface area contributed by atoms with Crippen LogP contribution in [0.4, 0.5) is 5.13 Å². The number of carbonyl (C=O) groups is 3. The van der Waals surface area contributed by atoms with Gasteiger partial charge in [0.1, 0.15) is 11.7 Å². The Morgan fingerprint density at radius 2 is 1.60 bits per heavy atom. The number of nitrogens with zero attached hydrogens (tertiary/aromatic N) is 1. The molecule has 1 aromatic heterocycles. The molecule has 43 heavy (non-hydrogen) atoms. The third kappa shape index (κ3) is 9.09. The Kier molecular flexibility index (Phi) is 11.1. The Morgan fingerprint density at radius 1 is 0.977 bits per heavy atom. The van der Waals surface area contributed by atoms with Gasteiger partial charge in [-0.15, -0.1) is 0 Å². The van der Waals surface area contributed by atoms with E-state index >= 15 is 0 Å². The zero-order valence-electron chi connectivity index (χ0n) is 25.3. The Bertz CT molecular complexity index is 1540. The van der Waals surface area contributed by atoms with Gasteiger partial charge in [-0.05, 0) is 53.1 Å². The molecule has 0 fully saturated rings. The average molecular weight is 629 g/mol. The minimum Gasteiger partial charge on any atom is -0.366 e.